The Balaban J connectivity index is 2.92. The summed E-state index contributed by atoms with van der Waals surface area (Å²) in [6.45, 7) is 1.60. The first-order valence-corrected chi connectivity index (χ1v) is 3.20. The zero-order valence-corrected chi connectivity index (χ0v) is 6.35. The minimum Gasteiger partial charge on any atom is -0.481 e. The minimum atomic E-state index is -0.865. The summed E-state index contributed by atoms with van der Waals surface area (Å²) in [4.78, 5) is 10.5. The molecule has 1 N–H and O–H groups in total. The van der Waals surface area contributed by atoms with E-state index in [4.69, 9.17) is 5.11 Å². The summed E-state index contributed by atoms with van der Waals surface area (Å²) >= 11 is 0. The average Bonchev–Trinajstić information content (AvgIpc) is 2.33. The van der Waals surface area contributed by atoms with Crippen LogP contribution in [0.1, 0.15) is 18.5 Å². The summed E-state index contributed by atoms with van der Waals surface area (Å²) in [7, 11) is 1.67. The van der Waals surface area contributed by atoms with Crippen LogP contribution < -0.4 is 0 Å². The van der Waals surface area contributed by atoms with Crippen LogP contribution >= 0.6 is 0 Å². The lowest BCUT2D eigenvalue weighted by atomic mass is 10.1. The summed E-state index contributed by atoms with van der Waals surface area (Å²) in [5.41, 5.74) is 0.609. The van der Waals surface area contributed by atoms with Crippen LogP contribution in [0.15, 0.2) is 6.20 Å². The molecular weight excluding hydrogens is 146 g/mol. The van der Waals surface area contributed by atoms with Crippen LogP contribution in [0, 0.1) is 0 Å². The van der Waals surface area contributed by atoms with E-state index in [1.807, 2.05) is 0 Å². The number of nitrogens with zero attached hydrogens (tertiary/aromatic N) is 3. The second-order valence-electron chi connectivity index (χ2n) is 2.34. The summed E-state index contributed by atoms with van der Waals surface area (Å²) in [6.07, 6.45) is 1.46. The van der Waals surface area contributed by atoms with Crippen LogP contribution in [0.25, 0.3) is 0 Å². The van der Waals surface area contributed by atoms with Crippen molar-refractivity contribution >= 4 is 5.97 Å². The zero-order valence-electron chi connectivity index (χ0n) is 6.35. The van der Waals surface area contributed by atoms with Crippen molar-refractivity contribution < 1.29 is 9.90 Å². The fourth-order valence-corrected chi connectivity index (χ4v) is 0.816. The predicted molar refractivity (Wildman–Crippen MR) is 37.1 cm³/mol. The molecule has 0 bridgehead atoms. The predicted octanol–water partition coefficient (Wildman–Crippen LogP) is 0.00320. The lowest BCUT2D eigenvalue weighted by Crippen LogP contribution is -2.11. The van der Waals surface area contributed by atoms with Crippen molar-refractivity contribution in [3.8, 4) is 0 Å². The van der Waals surface area contributed by atoms with Crippen molar-refractivity contribution in [2.24, 2.45) is 7.05 Å². The second-order valence-corrected chi connectivity index (χ2v) is 2.34. The van der Waals surface area contributed by atoms with Crippen LogP contribution in [0.4, 0.5) is 0 Å². The number of aryl methyl sites for hydroxylation is 1. The number of aliphatic carboxylic acids is 1. The van der Waals surface area contributed by atoms with Crippen LogP contribution in [-0.2, 0) is 11.8 Å². The monoisotopic (exact) mass is 155 g/mol. The third-order valence-electron chi connectivity index (χ3n) is 1.56. The van der Waals surface area contributed by atoms with Gasteiger partial charge in [0.15, 0.2) is 0 Å². The molecule has 1 atom stereocenters. The van der Waals surface area contributed by atoms with E-state index in [1.54, 1.807) is 14.0 Å². The maximum atomic E-state index is 10.5. The van der Waals surface area contributed by atoms with Gasteiger partial charge in [0.25, 0.3) is 0 Å². The smallest absolute Gasteiger partial charge is 0.312 e. The molecule has 0 aliphatic heterocycles. The van der Waals surface area contributed by atoms with Crippen LogP contribution in [0.3, 0.4) is 0 Å². The number of carboxylic acid groups (broad SMARTS) is 1. The standard InChI is InChI=1S/C6H9N3O2/c1-4(6(10)11)5-3-7-8-9(5)2/h3-4H,1-2H3,(H,10,11). The van der Waals surface area contributed by atoms with E-state index in [0.29, 0.717) is 5.69 Å². The molecule has 0 aromatic carbocycles. The number of aromatic nitrogens is 3. The van der Waals surface area contributed by atoms with E-state index in [2.05, 4.69) is 10.3 Å². The van der Waals surface area contributed by atoms with Gasteiger partial charge in [-0.25, -0.2) is 0 Å². The Morgan fingerprint density at radius 3 is 2.82 bits per heavy atom. The molecular formula is C6H9N3O2. The molecule has 0 saturated carbocycles. The summed E-state index contributed by atoms with van der Waals surface area (Å²) in [5, 5.41) is 15.8. The van der Waals surface area contributed by atoms with Crippen LogP contribution in [0.5, 0.6) is 0 Å². The summed E-state index contributed by atoms with van der Waals surface area (Å²) in [5.74, 6) is -1.41. The number of hydrogen-bond donors (Lipinski definition) is 1. The highest BCUT2D eigenvalue weighted by atomic mass is 16.4. The number of hydrogen-bond acceptors (Lipinski definition) is 3. The Morgan fingerprint density at radius 1 is 1.82 bits per heavy atom. The molecule has 5 nitrogen and oxygen atoms in total. The fraction of sp³-hybridized carbons (Fsp3) is 0.500. The van der Waals surface area contributed by atoms with Gasteiger partial charge in [-0.2, -0.15) is 0 Å². The highest BCUT2D eigenvalue weighted by Gasteiger charge is 2.16. The van der Waals surface area contributed by atoms with Gasteiger partial charge in [0, 0.05) is 7.05 Å². The van der Waals surface area contributed by atoms with E-state index in [0.717, 1.165) is 0 Å². The van der Waals surface area contributed by atoms with Crippen molar-refractivity contribution in [3.05, 3.63) is 11.9 Å². The summed E-state index contributed by atoms with van der Waals surface area (Å²) < 4.78 is 1.46. The Morgan fingerprint density at radius 2 is 2.45 bits per heavy atom. The third-order valence-corrected chi connectivity index (χ3v) is 1.56. The average molecular weight is 155 g/mol. The maximum Gasteiger partial charge on any atom is 0.312 e. The first kappa shape index (κ1) is 7.71. The molecule has 0 amide bonds. The number of rotatable bonds is 2. The van der Waals surface area contributed by atoms with E-state index in [-0.39, 0.29) is 0 Å². The van der Waals surface area contributed by atoms with Gasteiger partial charge in [0.1, 0.15) is 0 Å². The molecule has 1 aromatic heterocycles. The first-order valence-electron chi connectivity index (χ1n) is 3.20. The van der Waals surface area contributed by atoms with E-state index >= 15 is 0 Å². The Hall–Kier alpha value is -1.39. The molecule has 1 aromatic rings. The van der Waals surface area contributed by atoms with Gasteiger partial charge in [-0.15, -0.1) is 5.10 Å². The van der Waals surface area contributed by atoms with Gasteiger partial charge in [-0.05, 0) is 6.92 Å². The largest absolute Gasteiger partial charge is 0.481 e. The topological polar surface area (TPSA) is 68.0 Å². The molecule has 1 heterocycles. The number of carbonyl (C=O) groups is 1. The second kappa shape index (κ2) is 2.69. The van der Waals surface area contributed by atoms with Gasteiger partial charge in [-0.3, -0.25) is 9.48 Å². The molecule has 0 fully saturated rings. The zero-order chi connectivity index (χ0) is 8.43. The van der Waals surface area contributed by atoms with Crippen molar-refractivity contribution in [2.75, 3.05) is 0 Å². The molecule has 0 spiro atoms. The molecule has 0 saturated heterocycles. The molecule has 0 aliphatic carbocycles. The minimum absolute atomic E-state index is 0.546. The Bertz CT molecular complexity index is 269. The quantitative estimate of drug-likeness (QED) is 0.652. The third kappa shape index (κ3) is 1.36. The van der Waals surface area contributed by atoms with Gasteiger partial charge in [0.2, 0.25) is 0 Å². The van der Waals surface area contributed by atoms with Crippen LogP contribution in [0.2, 0.25) is 0 Å². The fourth-order valence-electron chi connectivity index (χ4n) is 0.816. The van der Waals surface area contributed by atoms with Crippen molar-refractivity contribution in [2.45, 2.75) is 12.8 Å². The van der Waals surface area contributed by atoms with Gasteiger partial charge >= 0.3 is 5.97 Å². The van der Waals surface area contributed by atoms with Crippen molar-refractivity contribution in [1.29, 1.82) is 0 Å². The first-order chi connectivity index (χ1) is 5.13. The highest BCUT2D eigenvalue weighted by molar-refractivity contribution is 5.74. The number of carboxylic acids is 1. The highest BCUT2D eigenvalue weighted by Crippen LogP contribution is 2.11. The molecule has 1 rings (SSSR count). The van der Waals surface area contributed by atoms with Gasteiger partial charge in [-0.1, -0.05) is 5.21 Å². The normalized spacial score (nSPS) is 12.9. The maximum absolute atomic E-state index is 10.5. The lowest BCUT2D eigenvalue weighted by molar-refractivity contribution is -0.138. The molecule has 0 radical (unpaired) electrons. The van der Waals surface area contributed by atoms with E-state index in [9.17, 15) is 4.79 Å². The van der Waals surface area contributed by atoms with E-state index in [1.165, 1.54) is 10.9 Å². The summed E-state index contributed by atoms with van der Waals surface area (Å²) in [6, 6.07) is 0. The lowest BCUT2D eigenvalue weighted by Gasteiger charge is -2.03. The SMILES string of the molecule is CC(C(=O)O)c1cnnn1C. The van der Waals surface area contributed by atoms with Crippen LogP contribution in [-0.4, -0.2) is 26.1 Å². The molecule has 11 heavy (non-hydrogen) atoms. The molecule has 0 aliphatic rings. The van der Waals surface area contributed by atoms with Gasteiger partial charge in [0.05, 0.1) is 17.8 Å². The molecule has 1 unspecified atom stereocenters. The van der Waals surface area contributed by atoms with Crippen molar-refractivity contribution in [3.63, 3.8) is 0 Å². The van der Waals surface area contributed by atoms with Gasteiger partial charge < -0.3 is 5.11 Å². The molecule has 5 heteroatoms. The Labute approximate surface area is 63.6 Å². The van der Waals surface area contributed by atoms with Crippen molar-refractivity contribution in [1.82, 2.24) is 15.0 Å². The van der Waals surface area contributed by atoms with E-state index < -0.39 is 11.9 Å². The molecule has 60 valence electrons. The Kier molecular flexibility index (Phi) is 1.89.